The molecule has 126 valence electrons. The minimum Gasteiger partial charge on any atom is -0.329 e. The first kappa shape index (κ1) is 18.9. The highest BCUT2D eigenvalue weighted by molar-refractivity contribution is 4.98. The van der Waals surface area contributed by atoms with E-state index in [0.29, 0.717) is 12.0 Å². The normalized spacial score (nSPS) is 19.9. The van der Waals surface area contributed by atoms with Crippen molar-refractivity contribution in [2.45, 2.75) is 78.3 Å². The quantitative estimate of drug-likeness (QED) is 0.708. The van der Waals surface area contributed by atoms with Crippen LogP contribution >= 0.6 is 0 Å². The van der Waals surface area contributed by atoms with E-state index in [4.69, 9.17) is 5.73 Å². The predicted octanol–water partition coefficient (Wildman–Crippen LogP) is 3.34. The van der Waals surface area contributed by atoms with Crippen LogP contribution in [0.1, 0.15) is 66.7 Å². The molecule has 0 aromatic carbocycles. The number of rotatable bonds is 9. The summed E-state index contributed by atoms with van der Waals surface area (Å²) in [4.78, 5) is 5.41. The SMILES string of the molecule is CCCN1CCC(CN)(N(CC(C)C)C(CC)CC)CC1. The molecule has 1 aliphatic heterocycles. The second-order valence-corrected chi connectivity index (χ2v) is 7.29. The zero-order valence-electron chi connectivity index (χ0n) is 15.2. The van der Waals surface area contributed by atoms with Gasteiger partial charge in [-0.05, 0) is 57.7 Å². The maximum Gasteiger partial charge on any atom is 0.0359 e. The molecule has 1 saturated heterocycles. The van der Waals surface area contributed by atoms with Gasteiger partial charge in [0.15, 0.2) is 0 Å². The Morgan fingerprint density at radius 2 is 1.67 bits per heavy atom. The molecule has 0 aromatic heterocycles. The lowest BCUT2D eigenvalue weighted by Crippen LogP contribution is -2.62. The second-order valence-electron chi connectivity index (χ2n) is 7.29. The van der Waals surface area contributed by atoms with E-state index < -0.39 is 0 Å². The van der Waals surface area contributed by atoms with Gasteiger partial charge in [-0.2, -0.15) is 0 Å². The Balaban J connectivity index is 2.85. The van der Waals surface area contributed by atoms with Crippen molar-refractivity contribution >= 4 is 0 Å². The van der Waals surface area contributed by atoms with Crippen LogP contribution in [0.4, 0.5) is 0 Å². The molecule has 1 fully saturated rings. The van der Waals surface area contributed by atoms with Gasteiger partial charge < -0.3 is 10.6 Å². The van der Waals surface area contributed by atoms with Crippen LogP contribution in [0.15, 0.2) is 0 Å². The van der Waals surface area contributed by atoms with Crippen molar-refractivity contribution in [1.82, 2.24) is 9.80 Å². The number of hydrogen-bond acceptors (Lipinski definition) is 3. The summed E-state index contributed by atoms with van der Waals surface area (Å²) in [6.07, 6.45) is 6.23. The van der Waals surface area contributed by atoms with E-state index in [1.54, 1.807) is 0 Å². The molecule has 0 aliphatic carbocycles. The number of likely N-dealkylation sites (tertiary alicyclic amines) is 1. The fraction of sp³-hybridized carbons (Fsp3) is 1.00. The number of hydrogen-bond donors (Lipinski definition) is 1. The Morgan fingerprint density at radius 1 is 1.10 bits per heavy atom. The highest BCUT2D eigenvalue weighted by Crippen LogP contribution is 2.32. The minimum atomic E-state index is 0.241. The molecule has 21 heavy (non-hydrogen) atoms. The standard InChI is InChI=1S/C18H39N3/c1-6-11-20-12-9-18(15-19,10-13-20)21(14-16(4)5)17(7-2)8-3/h16-17H,6-15,19H2,1-5H3. The van der Waals surface area contributed by atoms with Crippen LogP contribution in [-0.2, 0) is 0 Å². The highest BCUT2D eigenvalue weighted by atomic mass is 15.3. The Labute approximate surface area is 133 Å². The van der Waals surface area contributed by atoms with Gasteiger partial charge in [0.05, 0.1) is 0 Å². The van der Waals surface area contributed by atoms with Crippen LogP contribution in [0.2, 0.25) is 0 Å². The zero-order chi connectivity index (χ0) is 15.9. The number of piperidine rings is 1. The van der Waals surface area contributed by atoms with Gasteiger partial charge in [-0.25, -0.2) is 0 Å². The van der Waals surface area contributed by atoms with Crippen LogP contribution in [-0.4, -0.2) is 54.1 Å². The smallest absolute Gasteiger partial charge is 0.0359 e. The van der Waals surface area contributed by atoms with Crippen molar-refractivity contribution in [1.29, 1.82) is 0 Å². The third-order valence-corrected chi connectivity index (χ3v) is 5.26. The van der Waals surface area contributed by atoms with Crippen LogP contribution < -0.4 is 5.73 Å². The van der Waals surface area contributed by atoms with Gasteiger partial charge in [-0.15, -0.1) is 0 Å². The van der Waals surface area contributed by atoms with E-state index in [9.17, 15) is 0 Å². The van der Waals surface area contributed by atoms with Crippen molar-refractivity contribution in [3.05, 3.63) is 0 Å². The molecule has 3 heteroatoms. The lowest BCUT2D eigenvalue weighted by atomic mass is 9.83. The fourth-order valence-electron chi connectivity index (χ4n) is 3.97. The first-order valence-corrected chi connectivity index (χ1v) is 9.22. The molecule has 0 bridgehead atoms. The molecule has 0 atom stereocenters. The Bertz CT molecular complexity index is 266. The van der Waals surface area contributed by atoms with Crippen molar-refractivity contribution in [2.75, 3.05) is 32.7 Å². The van der Waals surface area contributed by atoms with Gasteiger partial charge in [0, 0.05) is 24.7 Å². The summed E-state index contributed by atoms with van der Waals surface area (Å²) < 4.78 is 0. The maximum absolute atomic E-state index is 6.32. The molecular weight excluding hydrogens is 258 g/mol. The molecule has 0 amide bonds. The van der Waals surface area contributed by atoms with E-state index in [-0.39, 0.29) is 5.54 Å². The van der Waals surface area contributed by atoms with E-state index in [0.717, 1.165) is 6.54 Å². The Hall–Kier alpha value is -0.120. The van der Waals surface area contributed by atoms with Gasteiger partial charge in [0.1, 0.15) is 0 Å². The fourth-order valence-corrected chi connectivity index (χ4v) is 3.97. The van der Waals surface area contributed by atoms with Crippen LogP contribution in [0, 0.1) is 5.92 Å². The Kier molecular flexibility index (Phi) is 8.22. The van der Waals surface area contributed by atoms with E-state index >= 15 is 0 Å². The number of nitrogens with two attached hydrogens (primary N) is 1. The molecular formula is C18H39N3. The molecule has 0 aromatic rings. The third-order valence-electron chi connectivity index (χ3n) is 5.26. The van der Waals surface area contributed by atoms with Gasteiger partial charge in [0.25, 0.3) is 0 Å². The van der Waals surface area contributed by atoms with Crippen molar-refractivity contribution in [3.63, 3.8) is 0 Å². The van der Waals surface area contributed by atoms with Crippen molar-refractivity contribution < 1.29 is 0 Å². The predicted molar refractivity (Wildman–Crippen MR) is 93.7 cm³/mol. The molecule has 3 nitrogen and oxygen atoms in total. The topological polar surface area (TPSA) is 32.5 Å². The molecule has 1 heterocycles. The molecule has 2 N–H and O–H groups in total. The lowest BCUT2D eigenvalue weighted by molar-refractivity contribution is -0.0137. The largest absolute Gasteiger partial charge is 0.329 e. The molecule has 1 aliphatic rings. The maximum atomic E-state index is 6.32. The summed E-state index contributed by atoms with van der Waals surface area (Å²) in [6, 6.07) is 0.689. The van der Waals surface area contributed by atoms with Crippen molar-refractivity contribution in [3.8, 4) is 0 Å². The first-order chi connectivity index (χ1) is 10.0. The van der Waals surface area contributed by atoms with Gasteiger partial charge in [-0.3, -0.25) is 4.90 Å². The molecule has 0 radical (unpaired) electrons. The average molecular weight is 298 g/mol. The second kappa shape index (κ2) is 9.12. The van der Waals surface area contributed by atoms with E-state index in [1.165, 1.54) is 58.3 Å². The monoisotopic (exact) mass is 297 g/mol. The lowest BCUT2D eigenvalue weighted by Gasteiger charge is -2.52. The van der Waals surface area contributed by atoms with E-state index in [2.05, 4.69) is 44.4 Å². The molecule has 0 saturated carbocycles. The van der Waals surface area contributed by atoms with Crippen molar-refractivity contribution in [2.24, 2.45) is 11.7 Å². The molecule has 1 rings (SSSR count). The molecule has 0 unspecified atom stereocenters. The van der Waals surface area contributed by atoms with Gasteiger partial charge in [0.2, 0.25) is 0 Å². The summed E-state index contributed by atoms with van der Waals surface area (Å²) in [5.74, 6) is 0.711. The van der Waals surface area contributed by atoms with Crippen LogP contribution in [0.25, 0.3) is 0 Å². The zero-order valence-corrected chi connectivity index (χ0v) is 15.2. The van der Waals surface area contributed by atoms with Crippen LogP contribution in [0.5, 0.6) is 0 Å². The van der Waals surface area contributed by atoms with E-state index in [1.807, 2.05) is 0 Å². The van der Waals surface area contributed by atoms with Crippen LogP contribution in [0.3, 0.4) is 0 Å². The summed E-state index contributed by atoms with van der Waals surface area (Å²) >= 11 is 0. The Morgan fingerprint density at radius 3 is 2.05 bits per heavy atom. The minimum absolute atomic E-state index is 0.241. The summed E-state index contributed by atoms with van der Waals surface area (Å²) in [6.45, 7) is 17.3. The third kappa shape index (κ3) is 4.94. The summed E-state index contributed by atoms with van der Waals surface area (Å²) in [7, 11) is 0. The first-order valence-electron chi connectivity index (χ1n) is 9.22. The molecule has 0 spiro atoms. The number of nitrogens with zero attached hydrogens (tertiary/aromatic N) is 2. The van der Waals surface area contributed by atoms with Gasteiger partial charge >= 0.3 is 0 Å². The van der Waals surface area contributed by atoms with Gasteiger partial charge in [-0.1, -0.05) is 34.6 Å². The highest BCUT2D eigenvalue weighted by Gasteiger charge is 2.40. The summed E-state index contributed by atoms with van der Waals surface area (Å²) in [5, 5.41) is 0. The summed E-state index contributed by atoms with van der Waals surface area (Å²) in [5.41, 5.74) is 6.56. The average Bonchev–Trinajstić information content (AvgIpc) is 2.48.